The van der Waals surface area contributed by atoms with Crippen molar-refractivity contribution in [1.82, 2.24) is 4.90 Å². The fraction of sp³-hybridized carbons (Fsp3) is 0.667. The summed E-state index contributed by atoms with van der Waals surface area (Å²) in [5, 5.41) is 9.07. The van der Waals surface area contributed by atoms with Crippen LogP contribution in [0.5, 0.6) is 0 Å². The second-order valence-electron chi connectivity index (χ2n) is 8.56. The molecule has 4 saturated carbocycles. The third-order valence-electron chi connectivity index (χ3n) is 6.73. The second kappa shape index (κ2) is 7.03. The van der Waals surface area contributed by atoms with Gasteiger partial charge in [0.1, 0.15) is 11.3 Å². The summed E-state index contributed by atoms with van der Waals surface area (Å²) in [6.07, 6.45) is 8.70. The number of carbonyl (C=O) groups excluding carboxylic acids is 2. The van der Waals surface area contributed by atoms with Gasteiger partial charge in [0, 0.05) is 12.1 Å². The quantitative estimate of drug-likeness (QED) is 0.716. The maximum atomic E-state index is 13.0. The van der Waals surface area contributed by atoms with E-state index in [-0.39, 0.29) is 18.1 Å². The molecule has 0 aromatic carbocycles. The summed E-state index contributed by atoms with van der Waals surface area (Å²) in [6, 6.07) is 3.72. The molecule has 27 heavy (non-hydrogen) atoms. The molecule has 4 aliphatic rings. The highest BCUT2D eigenvalue weighted by molar-refractivity contribution is 5.92. The van der Waals surface area contributed by atoms with Gasteiger partial charge in [-0.05, 0) is 69.3 Å². The number of esters is 1. The van der Waals surface area contributed by atoms with Crippen LogP contribution in [0.15, 0.2) is 16.7 Å². The van der Waals surface area contributed by atoms with Crippen molar-refractivity contribution >= 4 is 11.9 Å². The van der Waals surface area contributed by atoms with Crippen LogP contribution in [0.1, 0.15) is 61.1 Å². The highest BCUT2D eigenvalue weighted by Crippen LogP contribution is 2.57. The minimum Gasteiger partial charge on any atom is -0.469 e. The molecule has 4 aliphatic carbocycles. The van der Waals surface area contributed by atoms with E-state index in [4.69, 9.17) is 14.4 Å². The molecule has 4 bridgehead atoms. The number of hydrogen-bond donors (Lipinski definition) is 0. The van der Waals surface area contributed by atoms with Crippen molar-refractivity contribution in [3.8, 4) is 6.07 Å². The van der Waals surface area contributed by atoms with Gasteiger partial charge in [-0.2, -0.15) is 5.26 Å². The van der Waals surface area contributed by atoms with Crippen LogP contribution < -0.4 is 0 Å². The Morgan fingerprint density at radius 3 is 2.41 bits per heavy atom. The lowest BCUT2D eigenvalue weighted by molar-refractivity contribution is -0.153. The molecule has 4 fully saturated rings. The van der Waals surface area contributed by atoms with Crippen molar-refractivity contribution in [3.05, 3.63) is 23.7 Å². The van der Waals surface area contributed by atoms with Gasteiger partial charge in [-0.3, -0.25) is 4.79 Å². The maximum absolute atomic E-state index is 13.0. The first-order chi connectivity index (χ1) is 13.0. The van der Waals surface area contributed by atoms with E-state index in [0.717, 1.165) is 19.3 Å². The molecule has 0 atom stereocenters. The van der Waals surface area contributed by atoms with Gasteiger partial charge >= 0.3 is 5.97 Å². The number of hydrogen-bond acceptors (Lipinski definition) is 5. The molecule has 1 amide bonds. The average Bonchev–Trinajstić information content (AvgIpc) is 3.04. The van der Waals surface area contributed by atoms with Crippen LogP contribution in [0.2, 0.25) is 0 Å². The van der Waals surface area contributed by atoms with Gasteiger partial charge in [0.05, 0.1) is 18.8 Å². The van der Waals surface area contributed by atoms with E-state index in [0.29, 0.717) is 42.0 Å². The molecule has 1 aromatic heterocycles. The van der Waals surface area contributed by atoms with Gasteiger partial charge in [0.15, 0.2) is 6.61 Å². The van der Waals surface area contributed by atoms with Crippen LogP contribution in [0.4, 0.5) is 0 Å². The molecule has 6 nitrogen and oxygen atoms in total. The molecule has 0 N–H and O–H groups in total. The van der Waals surface area contributed by atoms with Gasteiger partial charge in [-0.15, -0.1) is 0 Å². The largest absolute Gasteiger partial charge is 0.469 e. The summed E-state index contributed by atoms with van der Waals surface area (Å²) >= 11 is 0. The Hall–Kier alpha value is -2.29. The van der Waals surface area contributed by atoms with Gasteiger partial charge < -0.3 is 14.1 Å². The van der Waals surface area contributed by atoms with Crippen LogP contribution in [-0.4, -0.2) is 35.5 Å². The number of nitriles is 1. The smallest absolute Gasteiger partial charge is 0.342 e. The summed E-state index contributed by atoms with van der Waals surface area (Å²) in [5.41, 5.74) is 0.210. The van der Waals surface area contributed by atoms with Crippen LogP contribution in [0.3, 0.4) is 0 Å². The number of carbonyl (C=O) groups is 2. The minimum absolute atomic E-state index is 0.138. The first-order valence-corrected chi connectivity index (χ1v) is 9.89. The van der Waals surface area contributed by atoms with Crippen LogP contribution in [0.25, 0.3) is 0 Å². The Kier molecular flexibility index (Phi) is 4.71. The summed E-state index contributed by atoms with van der Waals surface area (Å²) < 4.78 is 10.4. The van der Waals surface area contributed by atoms with E-state index in [2.05, 4.69) is 6.07 Å². The summed E-state index contributed by atoms with van der Waals surface area (Å²) in [6.45, 7) is 1.83. The Balaban J connectivity index is 1.47. The number of rotatable bonds is 6. The van der Waals surface area contributed by atoms with E-state index in [1.807, 2.05) is 4.90 Å². The topological polar surface area (TPSA) is 83.5 Å². The minimum atomic E-state index is -0.541. The van der Waals surface area contributed by atoms with Crippen LogP contribution >= 0.6 is 0 Å². The summed E-state index contributed by atoms with van der Waals surface area (Å²) in [5.74, 6) is 1.86. The van der Waals surface area contributed by atoms with Crippen molar-refractivity contribution in [2.75, 3.05) is 13.2 Å². The summed E-state index contributed by atoms with van der Waals surface area (Å²) in [7, 11) is 0. The highest BCUT2D eigenvalue weighted by Gasteiger charge is 2.54. The Labute approximate surface area is 159 Å². The number of amides is 1. The highest BCUT2D eigenvalue weighted by atomic mass is 16.5. The fourth-order valence-corrected chi connectivity index (χ4v) is 6.06. The lowest BCUT2D eigenvalue weighted by Gasteiger charge is -2.60. The van der Waals surface area contributed by atoms with E-state index < -0.39 is 5.97 Å². The molecular formula is C21H26N2O4. The normalized spacial score (nSPS) is 30.7. The molecule has 0 aliphatic heterocycles. The summed E-state index contributed by atoms with van der Waals surface area (Å²) in [4.78, 5) is 27.1. The molecule has 5 rings (SSSR count). The predicted molar refractivity (Wildman–Crippen MR) is 96.6 cm³/mol. The van der Waals surface area contributed by atoms with E-state index in [1.54, 1.807) is 13.0 Å². The van der Waals surface area contributed by atoms with Gasteiger partial charge in [0.2, 0.25) is 0 Å². The molecule has 144 valence electrons. The molecule has 1 heterocycles. The predicted octanol–water partition coefficient (Wildman–Crippen LogP) is 3.46. The third-order valence-corrected chi connectivity index (χ3v) is 6.73. The molecule has 0 saturated heterocycles. The number of furan rings is 1. The zero-order valence-corrected chi connectivity index (χ0v) is 15.8. The van der Waals surface area contributed by atoms with E-state index >= 15 is 0 Å². The lowest BCUT2D eigenvalue weighted by atomic mass is 9.52. The van der Waals surface area contributed by atoms with Crippen molar-refractivity contribution < 1.29 is 18.7 Å². The molecule has 0 radical (unpaired) electrons. The molecule has 1 aromatic rings. The SMILES string of the molecule is Cc1occc1C(=O)OCC(=O)N(CCC#N)C12CC3CC(CC(C3)C1)C2. The average molecular weight is 370 g/mol. The van der Waals surface area contributed by atoms with Crippen LogP contribution in [-0.2, 0) is 9.53 Å². The van der Waals surface area contributed by atoms with Crippen molar-refractivity contribution in [3.63, 3.8) is 0 Å². The zero-order chi connectivity index (χ0) is 19.0. The number of ether oxygens (including phenoxy) is 1. The van der Waals surface area contributed by atoms with Crippen molar-refractivity contribution in [2.24, 2.45) is 17.8 Å². The van der Waals surface area contributed by atoms with E-state index in [9.17, 15) is 9.59 Å². The first-order valence-electron chi connectivity index (χ1n) is 9.89. The second-order valence-corrected chi connectivity index (χ2v) is 8.56. The van der Waals surface area contributed by atoms with Crippen molar-refractivity contribution in [1.29, 1.82) is 5.26 Å². The Bertz CT molecular complexity index is 740. The van der Waals surface area contributed by atoms with E-state index in [1.165, 1.54) is 25.5 Å². The Morgan fingerprint density at radius 1 is 1.26 bits per heavy atom. The lowest BCUT2D eigenvalue weighted by Crippen LogP contribution is -2.62. The Morgan fingerprint density at radius 2 is 1.89 bits per heavy atom. The number of nitrogens with zero attached hydrogens (tertiary/aromatic N) is 2. The standard InChI is InChI=1S/C21H26N2O4/c1-14-18(3-6-26-14)20(25)27-13-19(24)23(5-2-4-22)21-10-15-7-16(11-21)9-17(8-15)12-21/h3,6,15-17H,2,5,7-13H2,1H3. The zero-order valence-electron chi connectivity index (χ0n) is 15.8. The number of aryl methyl sites for hydroxylation is 1. The fourth-order valence-electron chi connectivity index (χ4n) is 6.06. The van der Waals surface area contributed by atoms with Gasteiger partial charge in [-0.25, -0.2) is 4.79 Å². The van der Waals surface area contributed by atoms with Gasteiger partial charge in [0.25, 0.3) is 5.91 Å². The van der Waals surface area contributed by atoms with Crippen molar-refractivity contribution in [2.45, 2.75) is 57.4 Å². The maximum Gasteiger partial charge on any atom is 0.342 e. The molecular weight excluding hydrogens is 344 g/mol. The molecule has 0 spiro atoms. The molecule has 0 unspecified atom stereocenters. The third kappa shape index (κ3) is 3.36. The monoisotopic (exact) mass is 370 g/mol. The first kappa shape index (κ1) is 18.1. The van der Waals surface area contributed by atoms with Gasteiger partial charge in [-0.1, -0.05) is 0 Å². The van der Waals surface area contributed by atoms with Crippen LogP contribution in [0, 0.1) is 36.0 Å². The molecule has 6 heteroatoms.